The smallest absolute Gasteiger partial charge is 0.246 e. The number of amides is 1. The Bertz CT molecular complexity index is 136. The highest BCUT2D eigenvalue weighted by Gasteiger charge is 1.98. The van der Waals surface area contributed by atoms with E-state index in [0.29, 0.717) is 13.2 Å². The first-order valence-electron chi connectivity index (χ1n) is 4.14. The van der Waals surface area contributed by atoms with Gasteiger partial charge in [0.15, 0.2) is 0 Å². The fourth-order valence-electron chi connectivity index (χ4n) is 0.640. The van der Waals surface area contributed by atoms with E-state index in [-0.39, 0.29) is 12.5 Å². The standard InChI is InChI=1S/C7H16N2O2S2/c1-2-4-11-6-7(10)9-3-5-12-13-8/h2-6,8H2,1H3,(H,9,10). The largest absolute Gasteiger partial charge is 0.372 e. The SMILES string of the molecule is CCCOCC(=O)NCCSSN. The zero-order valence-electron chi connectivity index (χ0n) is 7.75. The molecule has 1 amide bonds. The fourth-order valence-corrected chi connectivity index (χ4v) is 1.46. The summed E-state index contributed by atoms with van der Waals surface area (Å²) < 4.78 is 5.05. The van der Waals surface area contributed by atoms with Gasteiger partial charge in [-0.1, -0.05) is 17.7 Å². The Hall–Kier alpha value is 0.0900. The molecule has 0 spiro atoms. The number of carbonyl (C=O) groups is 1. The predicted molar refractivity (Wildman–Crippen MR) is 58.4 cm³/mol. The van der Waals surface area contributed by atoms with E-state index in [0.717, 1.165) is 12.2 Å². The average molecular weight is 224 g/mol. The quantitative estimate of drug-likeness (QED) is 0.362. The first kappa shape index (κ1) is 13.1. The van der Waals surface area contributed by atoms with E-state index >= 15 is 0 Å². The van der Waals surface area contributed by atoms with Gasteiger partial charge in [-0.2, -0.15) is 0 Å². The molecule has 0 saturated heterocycles. The summed E-state index contributed by atoms with van der Waals surface area (Å²) in [4.78, 5) is 11.0. The minimum atomic E-state index is -0.0592. The molecule has 0 aliphatic carbocycles. The lowest BCUT2D eigenvalue weighted by molar-refractivity contribution is -0.125. The van der Waals surface area contributed by atoms with Gasteiger partial charge in [0.25, 0.3) is 0 Å². The van der Waals surface area contributed by atoms with Gasteiger partial charge in [-0.3, -0.25) is 9.93 Å². The molecule has 0 fully saturated rings. The van der Waals surface area contributed by atoms with Crippen molar-refractivity contribution in [3.8, 4) is 0 Å². The van der Waals surface area contributed by atoms with Gasteiger partial charge >= 0.3 is 0 Å². The van der Waals surface area contributed by atoms with E-state index in [2.05, 4.69) is 5.32 Å². The van der Waals surface area contributed by atoms with Crippen molar-refractivity contribution in [2.45, 2.75) is 13.3 Å². The first-order chi connectivity index (χ1) is 6.31. The normalized spacial score (nSPS) is 10.0. The lowest BCUT2D eigenvalue weighted by Gasteiger charge is -2.04. The maximum absolute atomic E-state index is 11.0. The maximum atomic E-state index is 11.0. The number of hydrogen-bond acceptors (Lipinski definition) is 5. The van der Waals surface area contributed by atoms with Crippen LogP contribution >= 0.6 is 21.8 Å². The molecule has 0 heterocycles. The van der Waals surface area contributed by atoms with E-state index < -0.39 is 0 Å². The molecule has 0 bridgehead atoms. The predicted octanol–water partition coefficient (Wildman–Crippen LogP) is 0.784. The number of ether oxygens (including phenoxy) is 1. The second-order valence-corrected chi connectivity index (χ2v) is 4.44. The Labute approximate surface area is 86.9 Å². The molecular weight excluding hydrogens is 208 g/mol. The number of nitrogens with one attached hydrogen (secondary N) is 1. The summed E-state index contributed by atoms with van der Waals surface area (Å²) in [5.74, 6) is 0.761. The van der Waals surface area contributed by atoms with Crippen LogP contribution in [0.1, 0.15) is 13.3 Å². The summed E-state index contributed by atoms with van der Waals surface area (Å²) in [5.41, 5.74) is 0. The van der Waals surface area contributed by atoms with Crippen molar-refractivity contribution in [1.82, 2.24) is 5.32 Å². The van der Waals surface area contributed by atoms with E-state index in [1.54, 1.807) is 0 Å². The van der Waals surface area contributed by atoms with Crippen molar-refractivity contribution in [3.05, 3.63) is 0 Å². The van der Waals surface area contributed by atoms with Crippen LogP contribution in [-0.4, -0.2) is 31.4 Å². The molecule has 4 nitrogen and oxygen atoms in total. The second kappa shape index (κ2) is 10.2. The minimum absolute atomic E-state index is 0.0592. The molecule has 0 rings (SSSR count). The molecule has 13 heavy (non-hydrogen) atoms. The molecule has 0 aliphatic heterocycles. The number of carbonyl (C=O) groups excluding carboxylic acids is 1. The van der Waals surface area contributed by atoms with Crippen LogP contribution in [0.25, 0.3) is 0 Å². The maximum Gasteiger partial charge on any atom is 0.246 e. The highest BCUT2D eigenvalue weighted by atomic mass is 33.1. The Morgan fingerprint density at radius 3 is 3.00 bits per heavy atom. The Balaban J connectivity index is 3.11. The molecule has 6 heteroatoms. The number of rotatable bonds is 8. The molecular formula is C7H16N2O2S2. The third kappa shape index (κ3) is 10.0. The molecule has 0 aliphatic rings. The van der Waals surface area contributed by atoms with Crippen molar-refractivity contribution < 1.29 is 9.53 Å². The molecule has 0 atom stereocenters. The van der Waals surface area contributed by atoms with Gasteiger partial charge in [0, 0.05) is 18.9 Å². The first-order valence-corrected chi connectivity index (χ1v) is 6.52. The molecule has 3 N–H and O–H groups in total. The fraction of sp³-hybridized carbons (Fsp3) is 0.857. The van der Waals surface area contributed by atoms with Crippen LogP contribution in [0.2, 0.25) is 0 Å². The summed E-state index contributed by atoms with van der Waals surface area (Å²) in [6, 6.07) is 0. The third-order valence-electron chi connectivity index (χ3n) is 1.16. The second-order valence-electron chi connectivity index (χ2n) is 2.32. The lowest BCUT2D eigenvalue weighted by Crippen LogP contribution is -2.29. The van der Waals surface area contributed by atoms with Gasteiger partial charge in [0.05, 0.1) is 0 Å². The lowest BCUT2D eigenvalue weighted by atomic mass is 10.5. The van der Waals surface area contributed by atoms with Crippen LogP contribution in [0, 0.1) is 0 Å². The molecule has 78 valence electrons. The van der Waals surface area contributed by atoms with E-state index in [1.807, 2.05) is 6.92 Å². The molecule has 0 unspecified atom stereocenters. The van der Waals surface area contributed by atoms with Crippen molar-refractivity contribution >= 4 is 27.7 Å². The highest BCUT2D eigenvalue weighted by Crippen LogP contribution is 2.10. The summed E-state index contributed by atoms with van der Waals surface area (Å²) in [6.45, 7) is 3.45. The van der Waals surface area contributed by atoms with E-state index in [1.165, 1.54) is 21.8 Å². The minimum Gasteiger partial charge on any atom is -0.372 e. The summed E-state index contributed by atoms with van der Waals surface area (Å²) >= 11 is 0. The third-order valence-corrected chi connectivity index (χ3v) is 2.57. The summed E-state index contributed by atoms with van der Waals surface area (Å²) in [6.07, 6.45) is 0.937. The van der Waals surface area contributed by atoms with Crippen molar-refractivity contribution in [2.24, 2.45) is 5.14 Å². The van der Waals surface area contributed by atoms with Crippen LogP contribution in [0.15, 0.2) is 0 Å². The van der Waals surface area contributed by atoms with E-state index in [9.17, 15) is 4.79 Å². The Morgan fingerprint density at radius 2 is 2.38 bits per heavy atom. The van der Waals surface area contributed by atoms with Crippen LogP contribution in [0.3, 0.4) is 0 Å². The Kier molecular flexibility index (Phi) is 10.2. The zero-order chi connectivity index (χ0) is 9.94. The average Bonchev–Trinajstić information content (AvgIpc) is 2.13. The number of nitrogens with two attached hydrogens (primary N) is 1. The zero-order valence-corrected chi connectivity index (χ0v) is 9.38. The van der Waals surface area contributed by atoms with Gasteiger partial charge < -0.3 is 10.1 Å². The topological polar surface area (TPSA) is 64.3 Å². The molecule has 0 radical (unpaired) electrons. The van der Waals surface area contributed by atoms with Crippen LogP contribution in [0.4, 0.5) is 0 Å². The van der Waals surface area contributed by atoms with Crippen LogP contribution in [-0.2, 0) is 9.53 Å². The molecule has 0 aromatic carbocycles. The molecule has 0 aromatic heterocycles. The summed E-state index contributed by atoms with van der Waals surface area (Å²) in [7, 11) is 2.73. The Morgan fingerprint density at radius 1 is 1.62 bits per heavy atom. The molecule has 0 aromatic rings. The van der Waals surface area contributed by atoms with Gasteiger partial charge in [-0.05, 0) is 17.4 Å². The highest BCUT2D eigenvalue weighted by molar-refractivity contribution is 8.75. The van der Waals surface area contributed by atoms with Crippen molar-refractivity contribution in [1.29, 1.82) is 0 Å². The van der Waals surface area contributed by atoms with E-state index in [4.69, 9.17) is 9.88 Å². The van der Waals surface area contributed by atoms with Crippen molar-refractivity contribution in [3.63, 3.8) is 0 Å². The van der Waals surface area contributed by atoms with Crippen LogP contribution in [0.5, 0.6) is 0 Å². The summed E-state index contributed by atoms with van der Waals surface area (Å²) in [5, 5.41) is 7.91. The van der Waals surface area contributed by atoms with Crippen molar-refractivity contribution in [2.75, 3.05) is 25.5 Å². The van der Waals surface area contributed by atoms with Gasteiger partial charge in [0.2, 0.25) is 5.91 Å². The molecule has 0 saturated carbocycles. The monoisotopic (exact) mass is 224 g/mol. The van der Waals surface area contributed by atoms with Gasteiger partial charge in [-0.25, -0.2) is 0 Å². The van der Waals surface area contributed by atoms with Gasteiger partial charge in [0.1, 0.15) is 6.61 Å². The van der Waals surface area contributed by atoms with Crippen LogP contribution < -0.4 is 10.5 Å². The van der Waals surface area contributed by atoms with Gasteiger partial charge in [-0.15, -0.1) is 0 Å². The number of hydrogen-bond donors (Lipinski definition) is 2.